The standard InChI is InChI=1S/C25H29N3O2/c1-17-10-11-23(14-18(17)2)28-19(3)15-22(20(28)4)16-26-27-25(30)13-12-24(29)21-8-6-5-7-9-21/h5-11,14-16,24,29H,12-13H2,1-4H3,(H,27,30)/b26-16-/t24-/m1/s1. The van der Waals surface area contributed by atoms with Crippen molar-refractivity contribution in [3.63, 3.8) is 0 Å². The molecule has 0 saturated carbocycles. The lowest BCUT2D eigenvalue weighted by Crippen LogP contribution is -2.18. The summed E-state index contributed by atoms with van der Waals surface area (Å²) in [6, 6.07) is 17.8. The lowest BCUT2D eigenvalue weighted by molar-refractivity contribution is -0.121. The van der Waals surface area contributed by atoms with Crippen LogP contribution >= 0.6 is 0 Å². The van der Waals surface area contributed by atoms with Crippen LogP contribution in [0.15, 0.2) is 59.7 Å². The Morgan fingerprint density at radius 1 is 1.07 bits per heavy atom. The molecule has 0 unspecified atom stereocenters. The van der Waals surface area contributed by atoms with Crippen LogP contribution in [0.5, 0.6) is 0 Å². The molecular weight excluding hydrogens is 374 g/mol. The van der Waals surface area contributed by atoms with E-state index >= 15 is 0 Å². The molecule has 0 bridgehead atoms. The minimum Gasteiger partial charge on any atom is -0.388 e. The second-order valence-corrected chi connectivity index (χ2v) is 7.69. The molecule has 1 aromatic heterocycles. The lowest BCUT2D eigenvalue weighted by atomic mass is 10.1. The van der Waals surface area contributed by atoms with Gasteiger partial charge in [0.15, 0.2) is 0 Å². The monoisotopic (exact) mass is 403 g/mol. The summed E-state index contributed by atoms with van der Waals surface area (Å²) in [5.41, 5.74) is 10.1. The minimum absolute atomic E-state index is 0.203. The molecule has 156 valence electrons. The molecule has 3 aromatic rings. The summed E-state index contributed by atoms with van der Waals surface area (Å²) in [6.45, 7) is 8.32. The first-order valence-corrected chi connectivity index (χ1v) is 10.2. The Labute approximate surface area is 178 Å². The Bertz CT molecular complexity index is 1050. The van der Waals surface area contributed by atoms with Crippen LogP contribution < -0.4 is 5.43 Å². The van der Waals surface area contributed by atoms with Crippen molar-refractivity contribution in [1.82, 2.24) is 9.99 Å². The van der Waals surface area contributed by atoms with E-state index in [1.54, 1.807) is 6.21 Å². The average molecular weight is 404 g/mol. The van der Waals surface area contributed by atoms with Gasteiger partial charge in [0.05, 0.1) is 12.3 Å². The van der Waals surface area contributed by atoms with Crippen molar-refractivity contribution in [3.8, 4) is 5.69 Å². The zero-order valence-electron chi connectivity index (χ0n) is 18.0. The van der Waals surface area contributed by atoms with Gasteiger partial charge < -0.3 is 9.67 Å². The first-order chi connectivity index (χ1) is 14.4. The maximum absolute atomic E-state index is 12.1. The molecule has 0 aliphatic rings. The predicted molar refractivity (Wildman–Crippen MR) is 121 cm³/mol. The van der Waals surface area contributed by atoms with Gasteiger partial charge in [0.25, 0.3) is 0 Å². The van der Waals surface area contributed by atoms with Crippen LogP contribution in [0, 0.1) is 27.7 Å². The van der Waals surface area contributed by atoms with Crippen molar-refractivity contribution < 1.29 is 9.90 Å². The Kier molecular flexibility index (Phi) is 6.85. The fourth-order valence-electron chi connectivity index (χ4n) is 3.52. The van der Waals surface area contributed by atoms with Gasteiger partial charge >= 0.3 is 0 Å². The molecule has 5 nitrogen and oxygen atoms in total. The third kappa shape index (κ3) is 5.05. The quantitative estimate of drug-likeness (QED) is 0.444. The summed E-state index contributed by atoms with van der Waals surface area (Å²) < 4.78 is 2.19. The molecule has 2 aromatic carbocycles. The van der Waals surface area contributed by atoms with E-state index in [1.165, 1.54) is 11.1 Å². The van der Waals surface area contributed by atoms with Crippen LogP contribution in [-0.2, 0) is 4.79 Å². The summed E-state index contributed by atoms with van der Waals surface area (Å²) in [4.78, 5) is 12.1. The van der Waals surface area contributed by atoms with Gasteiger partial charge in [-0.05, 0) is 69.0 Å². The van der Waals surface area contributed by atoms with Gasteiger partial charge in [-0.2, -0.15) is 5.10 Å². The topological polar surface area (TPSA) is 66.6 Å². The molecule has 5 heteroatoms. The van der Waals surface area contributed by atoms with Gasteiger partial charge in [-0.15, -0.1) is 0 Å². The van der Waals surface area contributed by atoms with Crippen LogP contribution in [0.4, 0.5) is 0 Å². The van der Waals surface area contributed by atoms with Gasteiger partial charge in [-0.3, -0.25) is 4.79 Å². The summed E-state index contributed by atoms with van der Waals surface area (Å²) >= 11 is 0. The van der Waals surface area contributed by atoms with E-state index in [1.807, 2.05) is 37.3 Å². The third-order valence-electron chi connectivity index (χ3n) is 5.44. The van der Waals surface area contributed by atoms with E-state index in [-0.39, 0.29) is 12.3 Å². The Morgan fingerprint density at radius 2 is 1.80 bits per heavy atom. The number of rotatable bonds is 7. The van der Waals surface area contributed by atoms with Gasteiger partial charge in [-0.25, -0.2) is 5.43 Å². The molecule has 0 radical (unpaired) electrons. The van der Waals surface area contributed by atoms with Crippen LogP contribution in [-0.4, -0.2) is 21.8 Å². The maximum atomic E-state index is 12.1. The van der Waals surface area contributed by atoms with Gasteiger partial charge in [0.1, 0.15) is 0 Å². The highest BCUT2D eigenvalue weighted by Gasteiger charge is 2.11. The van der Waals surface area contributed by atoms with Crippen LogP contribution in [0.1, 0.15) is 52.6 Å². The maximum Gasteiger partial charge on any atom is 0.240 e. The number of aliphatic hydroxyl groups is 1. The Morgan fingerprint density at radius 3 is 2.50 bits per heavy atom. The first kappa shape index (κ1) is 21.5. The molecular formula is C25H29N3O2. The minimum atomic E-state index is -0.655. The molecule has 0 spiro atoms. The van der Waals surface area contributed by atoms with Crippen molar-refractivity contribution in [2.75, 3.05) is 0 Å². The zero-order chi connectivity index (χ0) is 21.7. The smallest absolute Gasteiger partial charge is 0.240 e. The van der Waals surface area contributed by atoms with E-state index in [2.05, 4.69) is 60.1 Å². The van der Waals surface area contributed by atoms with E-state index < -0.39 is 6.10 Å². The third-order valence-corrected chi connectivity index (χ3v) is 5.44. The largest absolute Gasteiger partial charge is 0.388 e. The van der Waals surface area contributed by atoms with E-state index in [0.717, 1.165) is 28.2 Å². The molecule has 0 saturated heterocycles. The molecule has 0 fully saturated rings. The molecule has 2 N–H and O–H groups in total. The fraction of sp³-hybridized carbons (Fsp3) is 0.280. The first-order valence-electron chi connectivity index (χ1n) is 10.2. The van der Waals surface area contributed by atoms with E-state index in [0.29, 0.717) is 6.42 Å². The predicted octanol–water partition coefficient (Wildman–Crippen LogP) is 4.67. The number of nitrogens with zero attached hydrogens (tertiary/aromatic N) is 2. The Balaban J connectivity index is 1.61. The highest BCUT2D eigenvalue weighted by molar-refractivity contribution is 5.84. The number of carbonyl (C=O) groups is 1. The summed E-state index contributed by atoms with van der Waals surface area (Å²) in [7, 11) is 0. The second kappa shape index (κ2) is 9.55. The van der Waals surface area contributed by atoms with Crippen LogP contribution in [0.2, 0.25) is 0 Å². The van der Waals surface area contributed by atoms with E-state index in [9.17, 15) is 9.90 Å². The molecule has 0 aliphatic heterocycles. The number of nitrogens with one attached hydrogen (secondary N) is 1. The summed E-state index contributed by atoms with van der Waals surface area (Å²) in [6.07, 6.45) is 1.57. The fourth-order valence-corrected chi connectivity index (χ4v) is 3.52. The summed E-state index contributed by atoms with van der Waals surface area (Å²) in [5.74, 6) is -0.218. The number of hydrogen-bond donors (Lipinski definition) is 2. The molecule has 30 heavy (non-hydrogen) atoms. The number of aliphatic hydroxyl groups excluding tert-OH is 1. The summed E-state index contributed by atoms with van der Waals surface area (Å²) in [5, 5.41) is 14.3. The van der Waals surface area contributed by atoms with Crippen molar-refractivity contribution in [1.29, 1.82) is 0 Å². The number of aryl methyl sites for hydroxylation is 3. The molecule has 1 atom stereocenters. The van der Waals surface area contributed by atoms with Gasteiger partial charge in [0.2, 0.25) is 5.91 Å². The normalized spacial score (nSPS) is 12.3. The molecule has 1 amide bonds. The zero-order valence-corrected chi connectivity index (χ0v) is 18.0. The highest BCUT2D eigenvalue weighted by atomic mass is 16.3. The van der Waals surface area contributed by atoms with Gasteiger partial charge in [0, 0.05) is 29.1 Å². The molecule has 0 aliphatic carbocycles. The molecule has 1 heterocycles. The van der Waals surface area contributed by atoms with Crippen molar-refractivity contribution in [2.24, 2.45) is 5.10 Å². The van der Waals surface area contributed by atoms with Crippen molar-refractivity contribution in [2.45, 2.75) is 46.6 Å². The number of hydrazone groups is 1. The second-order valence-electron chi connectivity index (χ2n) is 7.69. The number of aromatic nitrogens is 1. The number of amides is 1. The number of benzene rings is 2. The van der Waals surface area contributed by atoms with E-state index in [4.69, 9.17) is 0 Å². The Hall–Kier alpha value is -3.18. The molecule has 3 rings (SSSR count). The average Bonchev–Trinajstić information content (AvgIpc) is 3.02. The SMILES string of the molecule is Cc1ccc(-n2c(C)cc(/C=N\NC(=O)CC[C@@H](O)c3ccccc3)c2C)cc1C. The van der Waals surface area contributed by atoms with Crippen LogP contribution in [0.25, 0.3) is 5.69 Å². The van der Waals surface area contributed by atoms with Crippen molar-refractivity contribution in [3.05, 3.63) is 88.2 Å². The van der Waals surface area contributed by atoms with Gasteiger partial charge in [-0.1, -0.05) is 36.4 Å². The number of carbonyl (C=O) groups excluding carboxylic acids is 1. The number of hydrogen-bond acceptors (Lipinski definition) is 3. The lowest BCUT2D eigenvalue weighted by Gasteiger charge is -2.11. The van der Waals surface area contributed by atoms with Crippen LogP contribution in [0.3, 0.4) is 0 Å². The highest BCUT2D eigenvalue weighted by Crippen LogP contribution is 2.22. The van der Waals surface area contributed by atoms with Crippen molar-refractivity contribution >= 4 is 12.1 Å².